The summed E-state index contributed by atoms with van der Waals surface area (Å²) < 4.78 is 1.16. The summed E-state index contributed by atoms with van der Waals surface area (Å²) in [7, 11) is 0. The van der Waals surface area contributed by atoms with E-state index in [4.69, 9.17) is 5.73 Å². The number of nitrogens with one attached hydrogen (secondary N) is 1. The lowest BCUT2D eigenvalue weighted by molar-refractivity contribution is 0.416. The van der Waals surface area contributed by atoms with Gasteiger partial charge >= 0.3 is 0 Å². The predicted molar refractivity (Wildman–Crippen MR) is 92.8 cm³/mol. The molecule has 0 saturated heterocycles. The number of fused-ring (bicyclic) bond motifs is 1. The van der Waals surface area contributed by atoms with Crippen LogP contribution in [0.3, 0.4) is 0 Å². The molecule has 2 aromatic rings. The van der Waals surface area contributed by atoms with Crippen molar-refractivity contribution in [1.82, 2.24) is 0 Å². The van der Waals surface area contributed by atoms with Gasteiger partial charge in [-0.25, -0.2) is 0 Å². The first-order valence-corrected chi connectivity index (χ1v) is 8.22. The molecule has 3 rings (SSSR count). The third kappa shape index (κ3) is 2.99. The summed E-state index contributed by atoms with van der Waals surface area (Å²) >= 11 is 3.56. The molecule has 0 aliphatic heterocycles. The van der Waals surface area contributed by atoms with Crippen LogP contribution in [0.5, 0.6) is 0 Å². The van der Waals surface area contributed by atoms with Gasteiger partial charge in [0.05, 0.1) is 5.54 Å². The van der Waals surface area contributed by atoms with Crippen LogP contribution in [0.15, 0.2) is 46.9 Å². The Morgan fingerprint density at radius 3 is 2.76 bits per heavy atom. The minimum atomic E-state index is -0.0348. The van der Waals surface area contributed by atoms with Crippen molar-refractivity contribution in [3.05, 3.63) is 63.6 Å². The van der Waals surface area contributed by atoms with Crippen LogP contribution >= 0.6 is 15.9 Å². The molecule has 1 aliphatic rings. The maximum Gasteiger partial charge on any atom is 0.0539 e. The Labute approximate surface area is 134 Å². The second-order valence-corrected chi connectivity index (χ2v) is 6.93. The minimum absolute atomic E-state index is 0.0348. The number of aryl methyl sites for hydroxylation is 2. The Balaban J connectivity index is 1.89. The van der Waals surface area contributed by atoms with Gasteiger partial charge < -0.3 is 11.1 Å². The van der Waals surface area contributed by atoms with E-state index in [1.807, 2.05) is 0 Å². The molecular weight excluding hydrogens is 324 g/mol. The topological polar surface area (TPSA) is 38.0 Å². The molecule has 1 unspecified atom stereocenters. The molecule has 2 aromatic carbocycles. The second kappa shape index (κ2) is 5.82. The summed E-state index contributed by atoms with van der Waals surface area (Å²) in [6.07, 6.45) is 3.13. The van der Waals surface area contributed by atoms with E-state index in [1.54, 1.807) is 0 Å². The number of nitrogens with two attached hydrogens (primary N) is 1. The second-order valence-electron chi connectivity index (χ2n) is 6.01. The molecule has 2 nitrogen and oxygen atoms in total. The minimum Gasteiger partial charge on any atom is -0.378 e. The van der Waals surface area contributed by atoms with E-state index in [2.05, 4.69) is 70.6 Å². The van der Waals surface area contributed by atoms with Gasteiger partial charge in [-0.3, -0.25) is 0 Å². The lowest BCUT2D eigenvalue weighted by atomic mass is 9.77. The molecule has 0 saturated carbocycles. The number of anilines is 1. The van der Waals surface area contributed by atoms with Gasteiger partial charge in [0.25, 0.3) is 0 Å². The van der Waals surface area contributed by atoms with Crippen molar-refractivity contribution in [2.45, 2.75) is 31.7 Å². The fourth-order valence-corrected chi connectivity index (χ4v) is 3.57. The first kappa shape index (κ1) is 14.6. The van der Waals surface area contributed by atoms with Crippen molar-refractivity contribution in [2.75, 3.05) is 11.9 Å². The molecule has 110 valence electrons. The van der Waals surface area contributed by atoms with Gasteiger partial charge in [-0.15, -0.1) is 0 Å². The molecule has 0 amide bonds. The Kier molecular flexibility index (Phi) is 4.05. The Morgan fingerprint density at radius 2 is 2.00 bits per heavy atom. The van der Waals surface area contributed by atoms with Gasteiger partial charge in [-0.2, -0.15) is 0 Å². The Morgan fingerprint density at radius 1 is 1.19 bits per heavy atom. The van der Waals surface area contributed by atoms with Crippen molar-refractivity contribution in [3.8, 4) is 0 Å². The van der Waals surface area contributed by atoms with Crippen molar-refractivity contribution in [2.24, 2.45) is 5.73 Å². The quantitative estimate of drug-likeness (QED) is 0.881. The largest absolute Gasteiger partial charge is 0.378 e. The van der Waals surface area contributed by atoms with E-state index >= 15 is 0 Å². The summed E-state index contributed by atoms with van der Waals surface area (Å²) in [5.41, 5.74) is 11.4. The summed E-state index contributed by atoms with van der Waals surface area (Å²) in [6.45, 7) is 2.79. The molecule has 0 heterocycles. The number of hydrogen-bond acceptors (Lipinski definition) is 2. The predicted octanol–water partition coefficient (Wildman–Crippen LogP) is 4.06. The van der Waals surface area contributed by atoms with Gasteiger partial charge in [0, 0.05) is 16.7 Å². The highest BCUT2D eigenvalue weighted by molar-refractivity contribution is 9.10. The van der Waals surface area contributed by atoms with Crippen molar-refractivity contribution < 1.29 is 0 Å². The fourth-order valence-electron chi connectivity index (χ4n) is 3.16. The lowest BCUT2D eigenvalue weighted by Gasteiger charge is -2.39. The maximum atomic E-state index is 6.15. The highest BCUT2D eigenvalue weighted by Gasteiger charge is 2.33. The third-order valence-corrected chi connectivity index (χ3v) is 5.00. The summed E-state index contributed by atoms with van der Waals surface area (Å²) in [5, 5.41) is 3.73. The maximum absolute atomic E-state index is 6.15. The summed E-state index contributed by atoms with van der Waals surface area (Å²) in [5.74, 6) is 0. The highest BCUT2D eigenvalue weighted by atomic mass is 79.9. The summed E-state index contributed by atoms with van der Waals surface area (Å²) in [4.78, 5) is 0. The van der Waals surface area contributed by atoms with E-state index < -0.39 is 0 Å². The molecule has 0 bridgehead atoms. The number of halogens is 1. The van der Waals surface area contributed by atoms with Gasteiger partial charge in [0.15, 0.2) is 0 Å². The zero-order chi connectivity index (χ0) is 14.9. The molecule has 0 aromatic heterocycles. The van der Waals surface area contributed by atoms with Gasteiger partial charge in [0.2, 0.25) is 0 Å². The molecule has 3 N–H and O–H groups in total. The first-order chi connectivity index (χ1) is 10.1. The number of hydrogen-bond donors (Lipinski definition) is 2. The van der Waals surface area contributed by atoms with Crippen LogP contribution in [-0.2, 0) is 12.8 Å². The van der Waals surface area contributed by atoms with Crippen molar-refractivity contribution in [1.29, 1.82) is 0 Å². The SMILES string of the molecule is Cc1ccccc1NC1(CN)CCc2cc(Br)ccc2C1. The van der Waals surface area contributed by atoms with E-state index in [1.165, 1.54) is 22.4 Å². The smallest absolute Gasteiger partial charge is 0.0539 e. The Bertz CT molecular complexity index is 653. The summed E-state index contributed by atoms with van der Waals surface area (Å²) in [6, 6.07) is 15.0. The average Bonchev–Trinajstić information content (AvgIpc) is 2.50. The van der Waals surface area contributed by atoms with Gasteiger partial charge in [0.1, 0.15) is 0 Å². The average molecular weight is 345 g/mol. The highest BCUT2D eigenvalue weighted by Crippen LogP contribution is 2.33. The van der Waals surface area contributed by atoms with Crippen molar-refractivity contribution >= 4 is 21.6 Å². The molecule has 1 atom stereocenters. The lowest BCUT2D eigenvalue weighted by Crippen LogP contribution is -2.50. The van der Waals surface area contributed by atoms with Crippen LogP contribution in [0.1, 0.15) is 23.1 Å². The van der Waals surface area contributed by atoms with Crippen LogP contribution in [0, 0.1) is 6.92 Å². The zero-order valence-electron chi connectivity index (χ0n) is 12.3. The van der Waals surface area contributed by atoms with Crippen LogP contribution in [0.25, 0.3) is 0 Å². The van der Waals surface area contributed by atoms with Crippen LogP contribution in [-0.4, -0.2) is 12.1 Å². The van der Waals surface area contributed by atoms with Gasteiger partial charge in [-0.05, 0) is 61.1 Å². The molecule has 21 heavy (non-hydrogen) atoms. The monoisotopic (exact) mass is 344 g/mol. The van der Waals surface area contributed by atoms with E-state index in [-0.39, 0.29) is 5.54 Å². The van der Waals surface area contributed by atoms with Crippen molar-refractivity contribution in [3.63, 3.8) is 0 Å². The number of benzene rings is 2. The molecule has 3 heteroatoms. The number of rotatable bonds is 3. The van der Waals surface area contributed by atoms with Crippen LogP contribution in [0.4, 0.5) is 5.69 Å². The van der Waals surface area contributed by atoms with E-state index in [0.717, 1.165) is 23.7 Å². The molecule has 0 radical (unpaired) electrons. The standard InChI is InChI=1S/C18H21BrN2/c1-13-4-2-3-5-17(13)21-18(12-20)9-8-14-10-16(19)7-6-15(14)11-18/h2-7,10,21H,8-9,11-12,20H2,1H3. The van der Waals surface area contributed by atoms with E-state index in [0.29, 0.717) is 6.54 Å². The zero-order valence-corrected chi connectivity index (χ0v) is 13.9. The Hall–Kier alpha value is -1.32. The van der Waals surface area contributed by atoms with E-state index in [9.17, 15) is 0 Å². The number of para-hydroxylation sites is 1. The first-order valence-electron chi connectivity index (χ1n) is 7.43. The molecule has 0 spiro atoms. The molecule has 1 aliphatic carbocycles. The van der Waals surface area contributed by atoms with Crippen LogP contribution in [0.2, 0.25) is 0 Å². The normalized spacial score (nSPS) is 20.9. The van der Waals surface area contributed by atoms with Gasteiger partial charge in [-0.1, -0.05) is 40.2 Å². The third-order valence-electron chi connectivity index (χ3n) is 4.51. The molecule has 0 fully saturated rings. The van der Waals surface area contributed by atoms with Crippen LogP contribution < -0.4 is 11.1 Å². The fraction of sp³-hybridized carbons (Fsp3) is 0.333. The molecular formula is C18H21BrN2.